The van der Waals surface area contributed by atoms with Crippen molar-refractivity contribution in [3.05, 3.63) is 63.7 Å². The second-order valence-electron chi connectivity index (χ2n) is 5.44. The van der Waals surface area contributed by atoms with E-state index in [4.69, 9.17) is 14.2 Å². The van der Waals surface area contributed by atoms with Crippen LogP contribution < -0.4 is 4.90 Å². The molecular weight excluding hydrogens is 445 g/mol. The Balaban J connectivity index is 2.16. The second-order valence-corrected chi connectivity index (χ2v) is 6.60. The highest BCUT2D eigenvalue weighted by atomic mass is 127. The summed E-state index contributed by atoms with van der Waals surface area (Å²) in [7, 11) is 0. The standard InChI is InChI=1S/C20H24INO4/c1-3-24-19(25-4-2)14-22(18-13-9-8-12-17(18)21)20(23)26-15-16-10-6-5-7-11-16/h5-13,19H,3-4,14-15H2,1-2H3. The predicted molar refractivity (Wildman–Crippen MR) is 110 cm³/mol. The summed E-state index contributed by atoms with van der Waals surface area (Å²) in [6.07, 6.45) is -0.937. The van der Waals surface area contributed by atoms with Crippen LogP contribution in [0.3, 0.4) is 0 Å². The largest absolute Gasteiger partial charge is 0.444 e. The first-order valence-corrected chi connectivity index (χ1v) is 9.69. The van der Waals surface area contributed by atoms with E-state index in [1.807, 2.05) is 68.4 Å². The molecule has 2 aromatic carbocycles. The molecule has 0 radical (unpaired) electrons. The molecule has 140 valence electrons. The third-order valence-corrected chi connectivity index (χ3v) is 4.52. The number of ether oxygens (including phenoxy) is 3. The molecule has 5 nitrogen and oxygen atoms in total. The van der Waals surface area contributed by atoms with Gasteiger partial charge in [-0.15, -0.1) is 0 Å². The fourth-order valence-electron chi connectivity index (χ4n) is 2.41. The molecule has 2 rings (SSSR count). The highest BCUT2D eigenvalue weighted by Crippen LogP contribution is 2.24. The van der Waals surface area contributed by atoms with Crippen molar-refractivity contribution >= 4 is 34.4 Å². The molecule has 0 aliphatic heterocycles. The number of nitrogens with zero attached hydrogens (tertiary/aromatic N) is 1. The summed E-state index contributed by atoms with van der Waals surface area (Å²) >= 11 is 2.21. The summed E-state index contributed by atoms with van der Waals surface area (Å²) in [5.41, 5.74) is 1.71. The molecule has 1 amide bonds. The van der Waals surface area contributed by atoms with Gasteiger partial charge in [0.2, 0.25) is 0 Å². The molecule has 2 aromatic rings. The summed E-state index contributed by atoms with van der Waals surface area (Å²) in [6, 6.07) is 17.3. The Morgan fingerprint density at radius 1 is 1.00 bits per heavy atom. The maximum absolute atomic E-state index is 12.8. The highest BCUT2D eigenvalue weighted by Gasteiger charge is 2.24. The molecular formula is C20H24INO4. The van der Waals surface area contributed by atoms with Crippen LogP contribution in [0.2, 0.25) is 0 Å². The van der Waals surface area contributed by atoms with E-state index in [9.17, 15) is 4.79 Å². The molecule has 6 heteroatoms. The Morgan fingerprint density at radius 2 is 1.62 bits per heavy atom. The number of rotatable bonds is 9. The Labute approximate surface area is 168 Å². The van der Waals surface area contributed by atoms with Crippen LogP contribution >= 0.6 is 22.6 Å². The van der Waals surface area contributed by atoms with Crippen molar-refractivity contribution in [3.63, 3.8) is 0 Å². The Morgan fingerprint density at radius 3 is 2.23 bits per heavy atom. The minimum Gasteiger partial charge on any atom is -0.444 e. The van der Waals surface area contributed by atoms with Crippen molar-refractivity contribution in [1.82, 2.24) is 0 Å². The molecule has 0 spiro atoms. The van der Waals surface area contributed by atoms with Crippen LogP contribution in [0.4, 0.5) is 10.5 Å². The average Bonchev–Trinajstić information content (AvgIpc) is 2.66. The van der Waals surface area contributed by atoms with Crippen LogP contribution in [0, 0.1) is 3.57 Å². The fraction of sp³-hybridized carbons (Fsp3) is 0.350. The first kappa shape index (κ1) is 20.7. The molecule has 0 heterocycles. The summed E-state index contributed by atoms with van der Waals surface area (Å²) in [6.45, 7) is 5.28. The van der Waals surface area contributed by atoms with Crippen molar-refractivity contribution in [3.8, 4) is 0 Å². The summed E-state index contributed by atoms with van der Waals surface area (Å²) < 4.78 is 17.7. The quantitative estimate of drug-likeness (QED) is 0.390. The highest BCUT2D eigenvalue weighted by molar-refractivity contribution is 14.1. The predicted octanol–water partition coefficient (Wildman–Crippen LogP) is 4.83. The number of amides is 1. The van der Waals surface area contributed by atoms with Crippen LogP contribution in [0.15, 0.2) is 54.6 Å². The first-order chi connectivity index (χ1) is 12.7. The summed E-state index contributed by atoms with van der Waals surface area (Å²) in [5.74, 6) is 0. The maximum Gasteiger partial charge on any atom is 0.414 e. The Hall–Kier alpha value is -1.64. The van der Waals surface area contributed by atoms with Crippen LogP contribution in [-0.4, -0.2) is 32.1 Å². The van der Waals surface area contributed by atoms with Crippen molar-refractivity contribution in [1.29, 1.82) is 0 Å². The zero-order chi connectivity index (χ0) is 18.8. The molecule has 0 aliphatic carbocycles. The molecule has 0 N–H and O–H groups in total. The lowest BCUT2D eigenvalue weighted by atomic mass is 10.2. The molecule has 0 aromatic heterocycles. The van der Waals surface area contributed by atoms with Gasteiger partial charge in [-0.1, -0.05) is 42.5 Å². The molecule has 0 atom stereocenters. The van der Waals surface area contributed by atoms with Crippen LogP contribution in [0.1, 0.15) is 19.4 Å². The zero-order valence-corrected chi connectivity index (χ0v) is 17.2. The third-order valence-electron chi connectivity index (χ3n) is 3.61. The van der Waals surface area contributed by atoms with Gasteiger partial charge in [-0.25, -0.2) is 4.79 Å². The average molecular weight is 469 g/mol. The van der Waals surface area contributed by atoms with Gasteiger partial charge in [0.05, 0.1) is 12.2 Å². The lowest BCUT2D eigenvalue weighted by Gasteiger charge is -2.27. The summed E-state index contributed by atoms with van der Waals surface area (Å²) in [4.78, 5) is 14.4. The summed E-state index contributed by atoms with van der Waals surface area (Å²) in [5, 5.41) is 0. The van der Waals surface area contributed by atoms with Gasteiger partial charge in [0, 0.05) is 16.8 Å². The zero-order valence-electron chi connectivity index (χ0n) is 15.1. The second kappa shape index (κ2) is 11.2. The van der Waals surface area contributed by atoms with Gasteiger partial charge >= 0.3 is 6.09 Å². The van der Waals surface area contributed by atoms with Gasteiger partial charge in [0.15, 0.2) is 6.29 Å². The number of carbonyl (C=O) groups excluding carboxylic acids is 1. The third kappa shape index (κ3) is 6.26. The van der Waals surface area contributed by atoms with Crippen LogP contribution in [0.5, 0.6) is 0 Å². The number of halogens is 1. The number of hydrogen-bond acceptors (Lipinski definition) is 4. The van der Waals surface area contributed by atoms with Crippen molar-refractivity contribution in [2.45, 2.75) is 26.7 Å². The van der Waals surface area contributed by atoms with E-state index in [1.165, 1.54) is 0 Å². The minimum absolute atomic E-state index is 0.216. The van der Waals surface area contributed by atoms with Gasteiger partial charge in [-0.2, -0.15) is 0 Å². The number of hydrogen-bond donors (Lipinski definition) is 0. The van der Waals surface area contributed by atoms with Gasteiger partial charge in [0.25, 0.3) is 0 Å². The van der Waals surface area contributed by atoms with Gasteiger partial charge in [-0.05, 0) is 54.1 Å². The molecule has 0 unspecified atom stereocenters. The molecule has 26 heavy (non-hydrogen) atoms. The van der Waals surface area contributed by atoms with Gasteiger partial charge in [0.1, 0.15) is 6.61 Å². The fourth-order valence-corrected chi connectivity index (χ4v) is 3.09. The number of para-hydroxylation sites is 1. The maximum atomic E-state index is 12.8. The molecule has 0 fully saturated rings. The van der Waals surface area contributed by atoms with Crippen molar-refractivity contribution in [2.24, 2.45) is 0 Å². The first-order valence-electron chi connectivity index (χ1n) is 8.61. The molecule has 0 saturated heterocycles. The lowest BCUT2D eigenvalue weighted by Crippen LogP contribution is -2.40. The van der Waals surface area contributed by atoms with E-state index in [-0.39, 0.29) is 13.2 Å². The van der Waals surface area contributed by atoms with Gasteiger partial charge < -0.3 is 14.2 Å². The van der Waals surface area contributed by atoms with E-state index in [1.54, 1.807) is 4.90 Å². The van der Waals surface area contributed by atoms with E-state index in [0.717, 1.165) is 14.8 Å². The minimum atomic E-state index is -0.509. The smallest absolute Gasteiger partial charge is 0.414 e. The van der Waals surface area contributed by atoms with Gasteiger partial charge in [-0.3, -0.25) is 4.90 Å². The van der Waals surface area contributed by atoms with E-state index >= 15 is 0 Å². The van der Waals surface area contributed by atoms with E-state index in [2.05, 4.69) is 22.6 Å². The Bertz CT molecular complexity index is 675. The van der Waals surface area contributed by atoms with Crippen molar-refractivity contribution in [2.75, 3.05) is 24.7 Å². The Kier molecular flexibility index (Phi) is 8.87. The monoisotopic (exact) mass is 469 g/mol. The number of benzene rings is 2. The number of carbonyl (C=O) groups is 1. The molecule has 0 aliphatic rings. The lowest BCUT2D eigenvalue weighted by molar-refractivity contribution is -0.129. The van der Waals surface area contributed by atoms with E-state index < -0.39 is 12.4 Å². The molecule has 0 saturated carbocycles. The van der Waals surface area contributed by atoms with Crippen molar-refractivity contribution < 1.29 is 19.0 Å². The number of anilines is 1. The molecule has 0 bridgehead atoms. The van der Waals surface area contributed by atoms with E-state index in [0.29, 0.717) is 13.2 Å². The topological polar surface area (TPSA) is 48.0 Å². The normalized spacial score (nSPS) is 10.8. The van der Waals surface area contributed by atoms with Crippen LogP contribution in [0.25, 0.3) is 0 Å². The SMILES string of the molecule is CCOC(CN(C(=O)OCc1ccccc1)c1ccccc1I)OCC. The van der Waals surface area contributed by atoms with Crippen LogP contribution in [-0.2, 0) is 20.8 Å².